The number of rotatable bonds is 5. The number of benzene rings is 2. The van der Waals surface area contributed by atoms with E-state index in [1.807, 2.05) is 0 Å². The Morgan fingerprint density at radius 3 is 2.41 bits per heavy atom. The second kappa shape index (κ2) is 7.21. The summed E-state index contributed by atoms with van der Waals surface area (Å²) in [6.45, 7) is 0. The summed E-state index contributed by atoms with van der Waals surface area (Å²) < 4.78 is 26.2. The number of halogens is 2. The van der Waals surface area contributed by atoms with E-state index in [9.17, 15) is 9.32 Å². The van der Waals surface area contributed by atoms with E-state index in [-0.39, 0.29) is 10.8 Å². The van der Waals surface area contributed by atoms with Gasteiger partial charge >= 0.3 is 0 Å². The molecule has 0 aliphatic rings. The molecule has 0 aliphatic heterocycles. The topological polar surface area (TPSA) is 67.8 Å². The van der Waals surface area contributed by atoms with Gasteiger partial charge in [-0.05, 0) is 34.1 Å². The van der Waals surface area contributed by atoms with Gasteiger partial charge in [0.25, 0.3) is 0 Å². The molecule has 8 heteroatoms. The molecule has 0 bridgehead atoms. The maximum absolute atomic E-state index is 12.5. The molecule has 5 nitrogen and oxygen atoms in total. The molecule has 22 heavy (non-hydrogen) atoms. The number of hydrogen-bond acceptors (Lipinski definition) is 4. The molecule has 2 N–H and O–H groups in total. The fourth-order valence-electron chi connectivity index (χ4n) is 1.72. The molecule has 0 amide bonds. The van der Waals surface area contributed by atoms with Gasteiger partial charge in [-0.3, -0.25) is 0 Å². The zero-order valence-electron chi connectivity index (χ0n) is 11.7. The van der Waals surface area contributed by atoms with E-state index in [0.717, 1.165) is 0 Å². The summed E-state index contributed by atoms with van der Waals surface area (Å²) in [4.78, 5) is 0.479. The lowest BCUT2D eigenvalue weighted by Crippen LogP contribution is -2.06. The summed E-state index contributed by atoms with van der Waals surface area (Å²) in [5.74, 6) is 0.907. The van der Waals surface area contributed by atoms with Crippen LogP contribution in [0.4, 0.5) is 5.69 Å². The molecular formula is C14H13BrClNO4S. The first kappa shape index (κ1) is 16.9. The maximum atomic E-state index is 12.5. The van der Waals surface area contributed by atoms with Crippen molar-refractivity contribution in [1.82, 2.24) is 0 Å². The van der Waals surface area contributed by atoms with E-state index in [2.05, 4.69) is 20.7 Å². The van der Waals surface area contributed by atoms with Crippen LogP contribution in [-0.4, -0.2) is 23.5 Å². The number of aromatic hydroxyl groups is 1. The van der Waals surface area contributed by atoms with Gasteiger partial charge in [-0.1, -0.05) is 11.6 Å². The fourth-order valence-corrected chi connectivity index (χ4v) is 3.50. The maximum Gasteiger partial charge on any atom is 0.162 e. The monoisotopic (exact) mass is 405 g/mol. The number of ether oxygens (including phenoxy) is 2. The van der Waals surface area contributed by atoms with Crippen LogP contribution in [0.15, 0.2) is 39.7 Å². The van der Waals surface area contributed by atoms with Crippen molar-refractivity contribution in [3.8, 4) is 17.2 Å². The van der Waals surface area contributed by atoms with Gasteiger partial charge in [0.05, 0.1) is 29.8 Å². The van der Waals surface area contributed by atoms with Gasteiger partial charge in [0.2, 0.25) is 0 Å². The van der Waals surface area contributed by atoms with Crippen molar-refractivity contribution in [3.05, 3.63) is 39.8 Å². The molecule has 2 aromatic rings. The Kier molecular flexibility index (Phi) is 5.55. The molecular weight excluding hydrogens is 394 g/mol. The molecule has 0 saturated carbocycles. The minimum absolute atomic E-state index is 0.0879. The fraction of sp³-hybridized carbons (Fsp3) is 0.143. The number of nitrogens with one attached hydrogen (secondary N) is 1. The summed E-state index contributed by atoms with van der Waals surface area (Å²) in [5.41, 5.74) is 0.474. The van der Waals surface area contributed by atoms with E-state index < -0.39 is 11.0 Å². The molecule has 0 aliphatic carbocycles. The van der Waals surface area contributed by atoms with E-state index in [4.69, 9.17) is 21.1 Å². The number of hydrogen-bond donors (Lipinski definition) is 2. The Balaban J connectivity index is 2.31. The van der Waals surface area contributed by atoms with Crippen LogP contribution in [0.3, 0.4) is 0 Å². The van der Waals surface area contributed by atoms with Crippen LogP contribution in [0.25, 0.3) is 0 Å². The molecule has 0 fully saturated rings. The lowest BCUT2D eigenvalue weighted by molar-refractivity contribution is 0.353. The molecule has 1 unspecified atom stereocenters. The first-order chi connectivity index (χ1) is 10.5. The number of phenolic OH excluding ortho intramolecular Hbond substituents is 1. The zero-order valence-corrected chi connectivity index (χ0v) is 14.9. The van der Waals surface area contributed by atoms with Crippen molar-refractivity contribution in [2.75, 3.05) is 18.9 Å². The van der Waals surface area contributed by atoms with Crippen LogP contribution in [0.5, 0.6) is 17.2 Å². The van der Waals surface area contributed by atoms with Crippen molar-refractivity contribution in [3.63, 3.8) is 0 Å². The Hall–Kier alpha value is -1.44. The third-order valence-electron chi connectivity index (χ3n) is 2.79. The third kappa shape index (κ3) is 3.66. The zero-order chi connectivity index (χ0) is 16.3. The molecule has 0 spiro atoms. The molecule has 0 aromatic heterocycles. The van der Waals surface area contributed by atoms with Crippen LogP contribution in [-0.2, 0) is 11.0 Å². The average molecular weight is 407 g/mol. The highest BCUT2D eigenvalue weighted by molar-refractivity contribution is 9.10. The van der Waals surface area contributed by atoms with Crippen molar-refractivity contribution in [2.45, 2.75) is 4.90 Å². The minimum atomic E-state index is -1.57. The molecule has 118 valence electrons. The lowest BCUT2D eigenvalue weighted by atomic mass is 10.3. The number of methoxy groups -OCH3 is 2. The Morgan fingerprint density at radius 1 is 1.18 bits per heavy atom. The van der Waals surface area contributed by atoms with E-state index in [0.29, 0.717) is 26.6 Å². The Labute approximate surface area is 143 Å². The molecule has 1 atom stereocenters. The SMILES string of the molecule is COc1cc(Br)c(S(=O)Nc2ccc(Cl)c(O)c2)cc1OC. The van der Waals surface area contributed by atoms with Crippen molar-refractivity contribution < 1.29 is 18.8 Å². The van der Waals surface area contributed by atoms with Gasteiger partial charge in [0, 0.05) is 16.6 Å². The average Bonchev–Trinajstić information content (AvgIpc) is 2.50. The molecule has 0 saturated heterocycles. The van der Waals surface area contributed by atoms with Gasteiger partial charge in [-0.25, -0.2) is 4.21 Å². The second-order valence-corrected chi connectivity index (χ2v) is 6.62. The summed E-state index contributed by atoms with van der Waals surface area (Å²) in [6.07, 6.45) is 0. The largest absolute Gasteiger partial charge is 0.506 e. The van der Waals surface area contributed by atoms with E-state index in [1.54, 1.807) is 18.2 Å². The predicted octanol–water partition coefficient (Wildman–Crippen LogP) is 3.96. The van der Waals surface area contributed by atoms with Gasteiger partial charge in [-0.15, -0.1) is 0 Å². The van der Waals surface area contributed by atoms with Gasteiger partial charge < -0.3 is 19.3 Å². The quantitative estimate of drug-likeness (QED) is 0.789. The van der Waals surface area contributed by atoms with Crippen LogP contribution < -0.4 is 14.2 Å². The highest BCUT2D eigenvalue weighted by atomic mass is 79.9. The molecule has 2 aromatic carbocycles. The van der Waals surface area contributed by atoms with Crippen molar-refractivity contribution in [2.24, 2.45) is 0 Å². The molecule has 0 heterocycles. The highest BCUT2D eigenvalue weighted by Gasteiger charge is 2.15. The summed E-state index contributed by atoms with van der Waals surface area (Å²) in [5, 5.41) is 9.80. The molecule has 0 radical (unpaired) electrons. The lowest BCUT2D eigenvalue weighted by Gasteiger charge is -2.12. The van der Waals surface area contributed by atoms with E-state index >= 15 is 0 Å². The minimum Gasteiger partial charge on any atom is -0.506 e. The van der Waals surface area contributed by atoms with E-state index in [1.165, 1.54) is 26.4 Å². The van der Waals surface area contributed by atoms with Crippen molar-refractivity contribution in [1.29, 1.82) is 0 Å². The Bertz CT molecular complexity index is 726. The normalized spacial score (nSPS) is 11.8. The number of phenols is 1. The first-order valence-electron chi connectivity index (χ1n) is 6.04. The summed E-state index contributed by atoms with van der Waals surface area (Å²) in [7, 11) is 1.46. The predicted molar refractivity (Wildman–Crippen MR) is 90.4 cm³/mol. The summed E-state index contributed by atoms with van der Waals surface area (Å²) >= 11 is 9.09. The van der Waals surface area contributed by atoms with Gasteiger partial charge in [0.1, 0.15) is 5.75 Å². The van der Waals surface area contributed by atoms with Gasteiger partial charge in [0.15, 0.2) is 22.5 Å². The van der Waals surface area contributed by atoms with Crippen molar-refractivity contribution >= 4 is 44.2 Å². The highest BCUT2D eigenvalue weighted by Crippen LogP contribution is 2.35. The van der Waals surface area contributed by atoms with Crippen LogP contribution in [0.1, 0.15) is 0 Å². The standard InChI is InChI=1S/C14H13BrClNO4S/c1-20-12-6-9(15)14(7-13(12)21-2)22(19)17-8-3-4-10(16)11(18)5-8/h3-7,17-18H,1-2H3. The molecule has 2 rings (SSSR count). The van der Waals surface area contributed by atoms with Crippen LogP contribution in [0.2, 0.25) is 5.02 Å². The third-order valence-corrected chi connectivity index (χ3v) is 5.19. The van der Waals surface area contributed by atoms with Crippen LogP contribution >= 0.6 is 27.5 Å². The smallest absolute Gasteiger partial charge is 0.162 e. The van der Waals surface area contributed by atoms with Crippen LogP contribution in [0, 0.1) is 0 Å². The first-order valence-corrected chi connectivity index (χ1v) is 8.36. The Morgan fingerprint density at radius 2 is 1.82 bits per heavy atom. The van der Waals surface area contributed by atoms with Gasteiger partial charge in [-0.2, -0.15) is 0 Å². The number of anilines is 1. The summed E-state index contributed by atoms with van der Waals surface area (Å²) in [6, 6.07) is 7.82. The second-order valence-electron chi connectivity index (χ2n) is 4.17.